The molecule has 2 aromatic carbocycles. The van der Waals surface area contributed by atoms with E-state index in [4.69, 9.17) is 0 Å². The molecular weight excluding hydrogens is 547 g/mol. The van der Waals surface area contributed by atoms with Crippen molar-refractivity contribution in [3.05, 3.63) is 64.0 Å². The Morgan fingerprint density at radius 1 is 1.20 bits per heavy atom. The Labute approximate surface area is 209 Å². The third-order valence-electron chi connectivity index (χ3n) is 4.45. The first-order valence-electron chi connectivity index (χ1n) is 10.0. The Kier molecular flexibility index (Phi) is 8.73. The molecule has 4 N–H and O–H groups in total. The van der Waals surface area contributed by atoms with Crippen LogP contribution in [-0.4, -0.2) is 63.2 Å². The van der Waals surface area contributed by atoms with Crippen molar-refractivity contribution in [1.82, 2.24) is 15.0 Å². The van der Waals surface area contributed by atoms with Gasteiger partial charge in [-0.1, -0.05) is 17.3 Å². The molecule has 0 spiro atoms. The van der Waals surface area contributed by atoms with Crippen molar-refractivity contribution in [1.29, 1.82) is 0 Å². The number of hydrogen-bond donors (Lipinski definition) is 4. The molecule has 12 nitrogen and oxygen atoms in total. The summed E-state index contributed by atoms with van der Waals surface area (Å²) >= 11 is 3.07. The second-order valence-electron chi connectivity index (χ2n) is 7.18. The second-order valence-corrected chi connectivity index (χ2v) is 9.48. The van der Waals surface area contributed by atoms with Gasteiger partial charge in [0.2, 0.25) is 11.7 Å². The van der Waals surface area contributed by atoms with Crippen LogP contribution in [0.2, 0.25) is 0 Å². The van der Waals surface area contributed by atoms with E-state index >= 15 is 0 Å². The first-order chi connectivity index (χ1) is 16.7. The SMILES string of the molecule is CN(C)c1ccc(/C=N/S(=O)(=O)NCCNc2nonc2/C(=N/O)Nc2ccc(F)c(Br)c2)cc1. The smallest absolute Gasteiger partial charge is 0.319 e. The molecular formula is C20H22BrFN8O4S. The van der Waals surface area contributed by atoms with Crippen LogP contribution < -0.4 is 20.3 Å². The highest BCUT2D eigenvalue weighted by atomic mass is 79.9. The molecule has 0 aliphatic heterocycles. The molecule has 3 aromatic rings. The normalized spacial score (nSPS) is 12.2. The summed E-state index contributed by atoms with van der Waals surface area (Å²) in [5.41, 5.74) is 2.04. The van der Waals surface area contributed by atoms with Gasteiger partial charge in [0, 0.05) is 44.8 Å². The molecule has 1 heterocycles. The molecule has 0 atom stereocenters. The third kappa shape index (κ3) is 7.46. The van der Waals surface area contributed by atoms with Gasteiger partial charge in [-0.15, -0.1) is 0 Å². The third-order valence-corrected chi connectivity index (χ3v) is 6.01. The van der Waals surface area contributed by atoms with Gasteiger partial charge in [-0.2, -0.15) is 17.5 Å². The van der Waals surface area contributed by atoms with Gasteiger partial charge in [0.05, 0.1) is 4.47 Å². The minimum atomic E-state index is -3.93. The molecule has 0 saturated carbocycles. The van der Waals surface area contributed by atoms with Gasteiger partial charge in [-0.3, -0.25) is 0 Å². The van der Waals surface area contributed by atoms with Crippen LogP contribution in [0.1, 0.15) is 11.3 Å². The summed E-state index contributed by atoms with van der Waals surface area (Å²) in [6.45, 7) is 0.0593. The summed E-state index contributed by atoms with van der Waals surface area (Å²) in [4.78, 5) is 1.93. The molecule has 3 rings (SSSR count). The Hall–Kier alpha value is -3.56. The molecule has 0 aliphatic carbocycles. The molecule has 186 valence electrons. The van der Waals surface area contributed by atoms with E-state index in [1.54, 1.807) is 12.1 Å². The highest BCUT2D eigenvalue weighted by molar-refractivity contribution is 9.10. The van der Waals surface area contributed by atoms with E-state index in [2.05, 4.69) is 55.8 Å². The lowest BCUT2D eigenvalue weighted by Crippen LogP contribution is -2.28. The highest BCUT2D eigenvalue weighted by Crippen LogP contribution is 2.21. The zero-order valence-corrected chi connectivity index (χ0v) is 21.0. The minimum absolute atomic E-state index is 0.0231. The fourth-order valence-corrected chi connectivity index (χ4v) is 3.76. The van der Waals surface area contributed by atoms with Gasteiger partial charge >= 0.3 is 10.2 Å². The van der Waals surface area contributed by atoms with Crippen LogP contribution in [0.25, 0.3) is 0 Å². The number of nitrogens with one attached hydrogen (secondary N) is 3. The van der Waals surface area contributed by atoms with E-state index in [0.29, 0.717) is 11.3 Å². The first-order valence-corrected chi connectivity index (χ1v) is 12.2. The zero-order valence-electron chi connectivity index (χ0n) is 18.6. The van der Waals surface area contributed by atoms with E-state index in [0.717, 1.165) is 5.69 Å². The minimum Gasteiger partial charge on any atom is -0.409 e. The average molecular weight is 569 g/mol. The van der Waals surface area contributed by atoms with Crippen molar-refractivity contribution < 1.29 is 22.6 Å². The van der Waals surface area contributed by atoms with Gasteiger partial charge in [0.15, 0.2) is 5.69 Å². The van der Waals surface area contributed by atoms with Crippen LogP contribution in [0.3, 0.4) is 0 Å². The Morgan fingerprint density at radius 2 is 1.94 bits per heavy atom. The molecule has 0 aliphatic rings. The van der Waals surface area contributed by atoms with Crippen molar-refractivity contribution >= 4 is 55.4 Å². The predicted molar refractivity (Wildman–Crippen MR) is 134 cm³/mol. The standard InChI is InChI=1S/C20H22BrFN8O4S/c1-30(2)15-6-3-13(4-7-15)12-25-35(32,33)24-10-9-23-19-18(28-34-29-19)20(27-31)26-14-5-8-17(22)16(21)11-14/h3-8,11-12,24,31H,9-10H2,1-2H3,(H,23,29)(H,26,27)/b25-12+. The number of halogens is 2. The summed E-state index contributed by atoms with van der Waals surface area (Å²) in [5.74, 6) is -0.495. The average Bonchev–Trinajstić information content (AvgIpc) is 3.30. The van der Waals surface area contributed by atoms with E-state index < -0.39 is 16.0 Å². The molecule has 35 heavy (non-hydrogen) atoms. The summed E-state index contributed by atoms with van der Waals surface area (Å²) in [5, 5.41) is 25.5. The topological polar surface area (TPSA) is 157 Å². The Balaban J connectivity index is 1.54. The number of rotatable bonds is 10. The van der Waals surface area contributed by atoms with Crippen molar-refractivity contribution in [2.24, 2.45) is 9.55 Å². The Morgan fingerprint density at radius 3 is 2.60 bits per heavy atom. The number of amidine groups is 1. The summed E-state index contributed by atoms with van der Waals surface area (Å²) < 4.78 is 48.5. The van der Waals surface area contributed by atoms with Crippen molar-refractivity contribution in [2.75, 3.05) is 42.7 Å². The number of nitrogens with zero attached hydrogens (tertiary/aromatic N) is 5. The Bertz CT molecular complexity index is 1310. The first kappa shape index (κ1) is 26.1. The molecule has 0 saturated heterocycles. The van der Waals surface area contributed by atoms with Gasteiger partial charge in [-0.05, 0) is 62.1 Å². The number of oxime groups is 1. The molecule has 0 unspecified atom stereocenters. The number of hydrogen-bond acceptors (Lipinski definition) is 9. The summed E-state index contributed by atoms with van der Waals surface area (Å²) in [6, 6.07) is 11.3. The molecule has 1 aromatic heterocycles. The molecule has 0 amide bonds. The van der Waals surface area contributed by atoms with Crippen LogP contribution in [0.5, 0.6) is 0 Å². The second kappa shape index (κ2) is 11.7. The van der Waals surface area contributed by atoms with Gasteiger partial charge in [-0.25, -0.2) is 9.02 Å². The van der Waals surface area contributed by atoms with Crippen molar-refractivity contribution in [3.8, 4) is 0 Å². The van der Waals surface area contributed by atoms with E-state index in [1.807, 2.05) is 31.1 Å². The summed E-state index contributed by atoms with van der Waals surface area (Å²) in [6.07, 6.45) is 1.25. The lowest BCUT2D eigenvalue weighted by Gasteiger charge is -2.11. The molecule has 0 fully saturated rings. The van der Waals surface area contributed by atoms with E-state index in [1.165, 1.54) is 24.4 Å². The predicted octanol–water partition coefficient (Wildman–Crippen LogP) is 2.65. The van der Waals surface area contributed by atoms with E-state index in [9.17, 15) is 18.0 Å². The monoisotopic (exact) mass is 568 g/mol. The van der Waals surface area contributed by atoms with Gasteiger partial charge < -0.3 is 20.7 Å². The molecule has 0 radical (unpaired) electrons. The number of aromatic nitrogens is 2. The highest BCUT2D eigenvalue weighted by Gasteiger charge is 2.18. The lowest BCUT2D eigenvalue weighted by molar-refractivity contribution is 0.305. The maximum atomic E-state index is 13.4. The van der Waals surface area contributed by atoms with Crippen molar-refractivity contribution in [3.63, 3.8) is 0 Å². The fraction of sp³-hybridized carbons (Fsp3) is 0.200. The lowest BCUT2D eigenvalue weighted by atomic mass is 10.2. The fourth-order valence-electron chi connectivity index (χ4n) is 2.69. The molecule has 15 heteroatoms. The maximum absolute atomic E-state index is 13.4. The van der Waals surface area contributed by atoms with Crippen LogP contribution >= 0.6 is 15.9 Å². The van der Waals surface area contributed by atoms with Crippen LogP contribution in [0.15, 0.2) is 61.1 Å². The van der Waals surface area contributed by atoms with Crippen molar-refractivity contribution in [2.45, 2.75) is 0 Å². The summed E-state index contributed by atoms with van der Waals surface area (Å²) in [7, 11) is -0.118. The van der Waals surface area contributed by atoms with Crippen LogP contribution in [0.4, 0.5) is 21.6 Å². The van der Waals surface area contributed by atoms with Crippen LogP contribution in [0, 0.1) is 5.82 Å². The van der Waals surface area contributed by atoms with Crippen LogP contribution in [-0.2, 0) is 10.2 Å². The van der Waals surface area contributed by atoms with Gasteiger partial charge in [0.1, 0.15) is 5.82 Å². The van der Waals surface area contributed by atoms with E-state index in [-0.39, 0.29) is 34.9 Å². The number of benzene rings is 2. The molecule has 0 bridgehead atoms. The van der Waals surface area contributed by atoms with Gasteiger partial charge in [0.25, 0.3) is 0 Å². The quantitative estimate of drug-likeness (QED) is 0.0948. The maximum Gasteiger partial charge on any atom is 0.319 e. The number of anilines is 3. The largest absolute Gasteiger partial charge is 0.409 e. The zero-order chi connectivity index (χ0) is 25.4.